The second kappa shape index (κ2) is 8.31. The number of halogens is 2. The van der Waals surface area contributed by atoms with Crippen molar-refractivity contribution in [2.24, 2.45) is 0 Å². The highest BCUT2D eigenvalue weighted by atomic mass is 32.2. The number of benzene rings is 3. The van der Waals surface area contributed by atoms with Crippen molar-refractivity contribution in [1.29, 1.82) is 0 Å². The fraction of sp³-hybridized carbons (Fsp3) is 0.120. The fourth-order valence-corrected chi connectivity index (χ4v) is 5.17. The Balaban J connectivity index is 1.83. The molecule has 0 saturated heterocycles. The van der Waals surface area contributed by atoms with E-state index in [9.17, 15) is 17.2 Å². The normalized spacial score (nSPS) is 12.0. The van der Waals surface area contributed by atoms with Crippen LogP contribution in [0.4, 0.5) is 14.7 Å². The highest BCUT2D eigenvalue weighted by molar-refractivity contribution is 7.92. The van der Waals surface area contributed by atoms with E-state index in [0.29, 0.717) is 28.0 Å². The Bertz CT molecular complexity index is 1660. The van der Waals surface area contributed by atoms with Gasteiger partial charge in [-0.25, -0.2) is 27.2 Å². The average Bonchev–Trinajstić information content (AvgIpc) is 3.41. The van der Waals surface area contributed by atoms with Gasteiger partial charge in [0.25, 0.3) is 0 Å². The van der Waals surface area contributed by atoms with Gasteiger partial charge in [0.05, 0.1) is 32.6 Å². The van der Waals surface area contributed by atoms with Crippen molar-refractivity contribution >= 4 is 26.8 Å². The third-order valence-corrected chi connectivity index (χ3v) is 7.90. The summed E-state index contributed by atoms with van der Waals surface area (Å²) in [4.78, 5) is 14.6. The highest BCUT2D eigenvalue weighted by Crippen LogP contribution is 2.38. The van der Waals surface area contributed by atoms with Crippen LogP contribution in [0.1, 0.15) is 13.8 Å². The predicted molar refractivity (Wildman–Crippen MR) is 131 cm³/mol. The number of hydrogen-bond donors (Lipinski definition) is 3. The minimum absolute atomic E-state index is 0.00594. The number of anilines is 1. The molecule has 0 saturated carbocycles. The monoisotopic (exact) mass is 493 g/mol. The number of nitrogen functional groups attached to an aromatic ring is 1. The van der Waals surface area contributed by atoms with Gasteiger partial charge in [-0.3, -0.25) is 0 Å². The van der Waals surface area contributed by atoms with E-state index in [0.717, 1.165) is 12.1 Å². The molecule has 3 aromatic carbocycles. The van der Waals surface area contributed by atoms with Gasteiger partial charge < -0.3 is 15.7 Å². The largest absolute Gasteiger partial charge is 0.369 e. The molecule has 7 nitrogen and oxygen atoms in total. The molecule has 2 heterocycles. The molecule has 0 atom stereocenters. The maximum atomic E-state index is 14.6. The first-order valence-corrected chi connectivity index (χ1v) is 12.3. The smallest absolute Gasteiger partial charge is 0.198 e. The van der Waals surface area contributed by atoms with Crippen LogP contribution in [0.15, 0.2) is 65.6 Å². The molecule has 0 aliphatic rings. The van der Waals surface area contributed by atoms with E-state index >= 15 is 0 Å². The number of sulfone groups is 1. The van der Waals surface area contributed by atoms with Gasteiger partial charge in [0.15, 0.2) is 15.8 Å². The Morgan fingerprint density at radius 3 is 2.23 bits per heavy atom. The maximum absolute atomic E-state index is 14.6. The molecule has 178 valence electrons. The first-order chi connectivity index (χ1) is 16.7. The van der Waals surface area contributed by atoms with E-state index in [1.807, 2.05) is 30.3 Å². The number of nitrogens with zero attached hydrogens (tertiary/aromatic N) is 2. The SMILES string of the molecule is CC(C)S(=O)(=O)c1cc(-c2nc(-c3c(F)cccc3F)[nH]c2-c2ccccc2)cc2[nH]c(N)nc12. The van der Waals surface area contributed by atoms with Gasteiger partial charge in [-0.1, -0.05) is 36.4 Å². The topological polar surface area (TPSA) is 118 Å². The Hall–Kier alpha value is -4.05. The molecule has 0 aliphatic carbocycles. The summed E-state index contributed by atoms with van der Waals surface area (Å²) in [5, 5.41) is -0.713. The molecule has 10 heteroatoms. The number of nitrogens with one attached hydrogen (secondary N) is 2. The standard InChI is InChI=1S/C25H21F2N5O2S/c1-13(2)35(33,34)19-12-15(11-18-23(19)32-25(28)29-18)22-21(14-7-4-3-5-8-14)30-24(31-22)20-16(26)9-6-10-17(20)27/h3-13H,1-2H3,(H,30,31)(H3,28,29,32). The van der Waals surface area contributed by atoms with Gasteiger partial charge in [-0.2, -0.15) is 0 Å². The average molecular weight is 494 g/mol. The van der Waals surface area contributed by atoms with Crippen molar-refractivity contribution in [1.82, 2.24) is 19.9 Å². The molecule has 0 unspecified atom stereocenters. The molecule has 5 aromatic rings. The summed E-state index contributed by atoms with van der Waals surface area (Å²) >= 11 is 0. The molecule has 4 N–H and O–H groups in total. The minimum Gasteiger partial charge on any atom is -0.369 e. The van der Waals surface area contributed by atoms with Crippen LogP contribution in [0, 0.1) is 11.6 Å². The zero-order valence-electron chi connectivity index (χ0n) is 18.8. The summed E-state index contributed by atoms with van der Waals surface area (Å²) in [6.07, 6.45) is 0. The van der Waals surface area contributed by atoms with Crippen LogP contribution in [-0.4, -0.2) is 33.6 Å². The van der Waals surface area contributed by atoms with Crippen LogP contribution in [0.5, 0.6) is 0 Å². The molecular formula is C25H21F2N5O2S. The molecule has 0 fully saturated rings. The predicted octanol–water partition coefficient (Wildman–Crippen LogP) is 5.33. The van der Waals surface area contributed by atoms with Crippen LogP contribution >= 0.6 is 0 Å². The first-order valence-electron chi connectivity index (χ1n) is 10.8. The van der Waals surface area contributed by atoms with Crippen LogP contribution < -0.4 is 5.73 Å². The van der Waals surface area contributed by atoms with E-state index < -0.39 is 26.7 Å². The van der Waals surface area contributed by atoms with Gasteiger partial charge in [0.2, 0.25) is 0 Å². The molecule has 0 bridgehead atoms. The van der Waals surface area contributed by atoms with Crippen molar-refractivity contribution in [3.63, 3.8) is 0 Å². The summed E-state index contributed by atoms with van der Waals surface area (Å²) in [6.45, 7) is 3.15. The van der Waals surface area contributed by atoms with Crippen molar-refractivity contribution < 1.29 is 17.2 Å². The molecule has 0 amide bonds. The Morgan fingerprint density at radius 2 is 1.57 bits per heavy atom. The fourth-order valence-electron chi connectivity index (χ4n) is 3.95. The lowest BCUT2D eigenvalue weighted by molar-refractivity contribution is 0.587. The summed E-state index contributed by atoms with van der Waals surface area (Å²) in [6, 6.07) is 15.8. The lowest BCUT2D eigenvalue weighted by Crippen LogP contribution is -2.14. The molecule has 2 aromatic heterocycles. The number of rotatable bonds is 5. The summed E-state index contributed by atoms with van der Waals surface area (Å²) < 4.78 is 55.6. The molecular weight excluding hydrogens is 472 g/mol. The molecule has 0 aliphatic heterocycles. The molecule has 35 heavy (non-hydrogen) atoms. The molecule has 5 rings (SSSR count). The van der Waals surface area contributed by atoms with Crippen LogP contribution in [0.2, 0.25) is 0 Å². The lowest BCUT2D eigenvalue weighted by Gasteiger charge is -2.11. The first kappa shape index (κ1) is 22.7. The van der Waals surface area contributed by atoms with Crippen molar-refractivity contribution in [3.8, 4) is 33.9 Å². The number of aromatic nitrogens is 4. The van der Waals surface area contributed by atoms with Gasteiger partial charge in [-0.15, -0.1) is 0 Å². The third-order valence-electron chi connectivity index (χ3n) is 5.74. The number of hydrogen-bond acceptors (Lipinski definition) is 5. The van der Waals surface area contributed by atoms with Gasteiger partial charge in [0, 0.05) is 11.1 Å². The minimum atomic E-state index is -3.75. The van der Waals surface area contributed by atoms with Gasteiger partial charge >= 0.3 is 0 Å². The lowest BCUT2D eigenvalue weighted by atomic mass is 10.0. The number of nitrogens with two attached hydrogens (primary N) is 1. The van der Waals surface area contributed by atoms with E-state index in [1.54, 1.807) is 19.9 Å². The summed E-state index contributed by atoms with van der Waals surface area (Å²) in [5.41, 5.74) is 8.07. The number of fused-ring (bicyclic) bond motifs is 1. The maximum Gasteiger partial charge on any atom is 0.198 e. The number of imidazole rings is 2. The van der Waals surface area contributed by atoms with E-state index in [2.05, 4.69) is 19.9 Å². The molecule has 0 radical (unpaired) electrons. The van der Waals surface area contributed by atoms with Crippen molar-refractivity contribution in [2.75, 3.05) is 5.73 Å². The van der Waals surface area contributed by atoms with E-state index in [1.165, 1.54) is 12.1 Å². The third kappa shape index (κ3) is 3.85. The van der Waals surface area contributed by atoms with Crippen LogP contribution in [-0.2, 0) is 9.84 Å². The Kier molecular flexibility index (Phi) is 5.40. The van der Waals surface area contributed by atoms with Crippen LogP contribution in [0.25, 0.3) is 44.9 Å². The summed E-state index contributed by atoms with van der Waals surface area (Å²) in [5.74, 6) is -1.50. The number of aromatic amines is 2. The van der Waals surface area contributed by atoms with E-state index in [-0.39, 0.29) is 27.7 Å². The van der Waals surface area contributed by atoms with Gasteiger partial charge in [0.1, 0.15) is 23.0 Å². The van der Waals surface area contributed by atoms with Gasteiger partial charge in [-0.05, 0) is 38.1 Å². The van der Waals surface area contributed by atoms with Crippen molar-refractivity contribution in [3.05, 3.63) is 72.3 Å². The second-order valence-electron chi connectivity index (χ2n) is 8.36. The number of H-pyrrole nitrogens is 2. The second-order valence-corrected chi connectivity index (χ2v) is 10.8. The van der Waals surface area contributed by atoms with Crippen LogP contribution in [0.3, 0.4) is 0 Å². The Morgan fingerprint density at radius 1 is 0.886 bits per heavy atom. The Labute approximate surface area is 200 Å². The van der Waals surface area contributed by atoms with Crippen molar-refractivity contribution in [2.45, 2.75) is 24.0 Å². The molecule has 0 spiro atoms. The zero-order valence-corrected chi connectivity index (χ0v) is 19.6. The quantitative estimate of drug-likeness (QED) is 0.306. The highest BCUT2D eigenvalue weighted by Gasteiger charge is 2.27. The summed E-state index contributed by atoms with van der Waals surface area (Å²) in [7, 11) is -3.75. The zero-order chi connectivity index (χ0) is 24.9. The van der Waals surface area contributed by atoms with E-state index in [4.69, 9.17) is 5.73 Å².